The van der Waals surface area contributed by atoms with E-state index in [2.05, 4.69) is 5.32 Å². The molecule has 9 N–H and O–H groups in total. The van der Waals surface area contributed by atoms with Gasteiger partial charge in [-0.1, -0.05) is 0 Å². The van der Waals surface area contributed by atoms with Gasteiger partial charge in [-0.2, -0.15) is 0 Å². The van der Waals surface area contributed by atoms with E-state index in [1.165, 1.54) is 0 Å². The lowest BCUT2D eigenvalue weighted by Gasteiger charge is -2.18. The average Bonchev–Trinajstić information content (AvgIpc) is 1.63. The van der Waals surface area contributed by atoms with Crippen LogP contribution in [0.3, 0.4) is 0 Å². The molecule has 0 aromatic rings. The van der Waals surface area contributed by atoms with Crippen molar-refractivity contribution in [3.8, 4) is 0 Å². The highest BCUT2D eigenvalue weighted by atomic mass is 15.2. The minimum absolute atomic E-state index is 0.379. The van der Waals surface area contributed by atoms with Gasteiger partial charge in [-0.3, -0.25) is 0 Å². The van der Waals surface area contributed by atoms with Gasteiger partial charge in [-0.05, 0) is 0 Å². The van der Waals surface area contributed by atoms with E-state index < -0.39 is 5.79 Å². The summed E-state index contributed by atoms with van der Waals surface area (Å²) in [5, 5.41) is 2.88. The Balaban J connectivity index is 3.07. The summed E-state index contributed by atoms with van der Waals surface area (Å²) in [7, 11) is 0. The van der Waals surface area contributed by atoms with Crippen LogP contribution in [-0.2, 0) is 0 Å². The van der Waals surface area contributed by atoms with Crippen molar-refractivity contribution < 1.29 is 0 Å². The molecule has 0 spiro atoms. The van der Waals surface area contributed by atoms with Crippen LogP contribution in [0.5, 0.6) is 0 Å². The second-order valence-corrected chi connectivity index (χ2v) is 2.08. The zero-order valence-corrected chi connectivity index (χ0v) is 5.43. The molecule has 0 heterocycles. The summed E-state index contributed by atoms with van der Waals surface area (Å²) in [5.41, 5.74) is 20.9. The van der Waals surface area contributed by atoms with Gasteiger partial charge in [0.25, 0.3) is 0 Å². The van der Waals surface area contributed by atoms with Crippen molar-refractivity contribution in [3.63, 3.8) is 0 Å². The van der Waals surface area contributed by atoms with Gasteiger partial charge >= 0.3 is 0 Å². The number of rotatable bonds is 4. The van der Waals surface area contributed by atoms with E-state index in [0.29, 0.717) is 19.6 Å². The van der Waals surface area contributed by atoms with Crippen molar-refractivity contribution in [3.05, 3.63) is 0 Å². The molecule has 0 radical (unpaired) electrons. The van der Waals surface area contributed by atoms with Gasteiger partial charge in [-0.25, -0.2) is 0 Å². The Kier molecular flexibility index (Phi) is 3.67. The van der Waals surface area contributed by atoms with Gasteiger partial charge in [0.15, 0.2) is 0 Å². The summed E-state index contributed by atoms with van der Waals surface area (Å²) in [5.74, 6) is -1.12. The summed E-state index contributed by atoms with van der Waals surface area (Å²) in [6, 6.07) is 0. The largest absolute Gasteiger partial charge is 0.329 e. The van der Waals surface area contributed by atoms with Gasteiger partial charge in [0.2, 0.25) is 0 Å². The highest BCUT2D eigenvalue weighted by molar-refractivity contribution is 4.70. The third-order valence-corrected chi connectivity index (χ3v) is 0.752. The normalized spacial score (nSPS) is 12.0. The first-order valence-electron chi connectivity index (χ1n) is 2.83. The lowest BCUT2D eigenvalue weighted by atomic mass is 10.4. The predicted octanol–water partition coefficient (Wildman–Crippen LogP) is -2.94. The summed E-state index contributed by atoms with van der Waals surface area (Å²) in [6.45, 7) is 1.63. The molecule has 0 fully saturated rings. The zero-order chi connectivity index (χ0) is 7.33. The molecule has 0 rings (SSSR count). The third-order valence-electron chi connectivity index (χ3n) is 0.752. The first kappa shape index (κ1) is 8.80. The third kappa shape index (κ3) is 7.80. The Bertz CT molecular complexity index is 65.8. The molecular formula is C4H15N5. The van der Waals surface area contributed by atoms with Crippen molar-refractivity contribution in [2.45, 2.75) is 5.79 Å². The lowest BCUT2D eigenvalue weighted by molar-refractivity contribution is 0.426. The Labute approximate surface area is 54.7 Å². The monoisotopic (exact) mass is 133 g/mol. The standard InChI is InChI=1S/C4H15N5/c5-1-2-9-3-4(6,7)8/h9H,1-3,5-8H2. The summed E-state index contributed by atoms with van der Waals surface area (Å²) in [4.78, 5) is 0. The molecule has 0 aromatic carbocycles. The quantitative estimate of drug-likeness (QED) is 0.208. The van der Waals surface area contributed by atoms with E-state index in [9.17, 15) is 0 Å². The predicted molar refractivity (Wildman–Crippen MR) is 37.2 cm³/mol. The highest BCUT2D eigenvalue weighted by Gasteiger charge is 2.08. The Morgan fingerprint density at radius 2 is 1.78 bits per heavy atom. The first-order chi connectivity index (χ1) is 4.06. The minimum Gasteiger partial charge on any atom is -0.329 e. The van der Waals surface area contributed by atoms with Crippen LogP contribution in [0.4, 0.5) is 0 Å². The Hall–Kier alpha value is -0.200. The SMILES string of the molecule is NCCNCC(N)(N)N. The second kappa shape index (κ2) is 3.76. The van der Waals surface area contributed by atoms with E-state index in [1.807, 2.05) is 0 Å². The Morgan fingerprint density at radius 1 is 1.22 bits per heavy atom. The molecule has 5 heteroatoms. The molecule has 0 aliphatic carbocycles. The minimum atomic E-state index is -1.12. The van der Waals surface area contributed by atoms with Crippen molar-refractivity contribution >= 4 is 0 Å². The molecule has 9 heavy (non-hydrogen) atoms. The van der Waals surface area contributed by atoms with Crippen LogP contribution in [-0.4, -0.2) is 25.4 Å². The fourth-order valence-corrected chi connectivity index (χ4v) is 0.407. The molecule has 0 aliphatic heterocycles. The van der Waals surface area contributed by atoms with Crippen molar-refractivity contribution in [2.24, 2.45) is 22.9 Å². The molecule has 0 aromatic heterocycles. The van der Waals surface area contributed by atoms with Crippen LogP contribution in [0.25, 0.3) is 0 Å². The van der Waals surface area contributed by atoms with E-state index >= 15 is 0 Å². The number of nitrogens with two attached hydrogens (primary N) is 4. The highest BCUT2D eigenvalue weighted by Crippen LogP contribution is 1.69. The number of nitrogens with one attached hydrogen (secondary N) is 1. The number of hydrogen-bond donors (Lipinski definition) is 5. The summed E-state index contributed by atoms with van der Waals surface area (Å²) >= 11 is 0. The molecule has 0 unspecified atom stereocenters. The second-order valence-electron chi connectivity index (χ2n) is 2.08. The van der Waals surface area contributed by atoms with Gasteiger partial charge in [0.1, 0.15) is 5.79 Å². The van der Waals surface area contributed by atoms with Gasteiger partial charge in [0, 0.05) is 19.6 Å². The first-order valence-corrected chi connectivity index (χ1v) is 2.83. The topological polar surface area (TPSA) is 116 Å². The van der Waals surface area contributed by atoms with Crippen molar-refractivity contribution in [1.82, 2.24) is 5.32 Å². The van der Waals surface area contributed by atoms with E-state index in [4.69, 9.17) is 22.9 Å². The van der Waals surface area contributed by atoms with Gasteiger partial charge < -0.3 is 28.3 Å². The molecular weight excluding hydrogens is 118 g/mol. The maximum absolute atomic E-state index is 5.23. The van der Waals surface area contributed by atoms with E-state index in [-0.39, 0.29) is 0 Å². The van der Waals surface area contributed by atoms with Crippen LogP contribution in [0.1, 0.15) is 0 Å². The van der Waals surface area contributed by atoms with Crippen LogP contribution in [0, 0.1) is 0 Å². The summed E-state index contributed by atoms with van der Waals surface area (Å²) in [6.07, 6.45) is 0. The molecule has 0 bridgehead atoms. The van der Waals surface area contributed by atoms with Crippen molar-refractivity contribution in [1.29, 1.82) is 0 Å². The fourth-order valence-electron chi connectivity index (χ4n) is 0.407. The smallest absolute Gasteiger partial charge is 0.128 e. The molecule has 0 saturated carbocycles. The summed E-state index contributed by atoms with van der Waals surface area (Å²) < 4.78 is 0. The fraction of sp³-hybridized carbons (Fsp3) is 1.00. The van der Waals surface area contributed by atoms with Crippen LogP contribution in [0.2, 0.25) is 0 Å². The lowest BCUT2D eigenvalue weighted by Crippen LogP contribution is -2.64. The molecule has 0 aliphatic rings. The van der Waals surface area contributed by atoms with Crippen LogP contribution >= 0.6 is 0 Å². The van der Waals surface area contributed by atoms with E-state index in [0.717, 1.165) is 0 Å². The van der Waals surface area contributed by atoms with Gasteiger partial charge in [0.05, 0.1) is 0 Å². The zero-order valence-electron chi connectivity index (χ0n) is 5.43. The van der Waals surface area contributed by atoms with Crippen LogP contribution in [0.15, 0.2) is 0 Å². The van der Waals surface area contributed by atoms with Crippen molar-refractivity contribution in [2.75, 3.05) is 19.6 Å². The molecule has 56 valence electrons. The maximum Gasteiger partial charge on any atom is 0.128 e. The van der Waals surface area contributed by atoms with E-state index in [1.54, 1.807) is 0 Å². The van der Waals surface area contributed by atoms with Gasteiger partial charge in [-0.15, -0.1) is 0 Å². The molecule has 0 saturated heterocycles. The Morgan fingerprint density at radius 3 is 2.11 bits per heavy atom. The average molecular weight is 133 g/mol. The van der Waals surface area contributed by atoms with Crippen LogP contribution < -0.4 is 28.3 Å². The number of hydrogen-bond acceptors (Lipinski definition) is 5. The maximum atomic E-state index is 5.23. The molecule has 0 amide bonds. The molecule has 0 atom stereocenters. The molecule has 5 nitrogen and oxygen atoms in total.